The molecule has 0 atom stereocenters. The van der Waals surface area contributed by atoms with Crippen LogP contribution in [0.4, 0.5) is 13.2 Å². The summed E-state index contributed by atoms with van der Waals surface area (Å²) < 4.78 is 46.3. The maximum Gasteiger partial charge on any atom is 0.391 e. The zero-order valence-electron chi connectivity index (χ0n) is 8.28. The van der Waals surface area contributed by atoms with Gasteiger partial charge in [0.25, 0.3) is 0 Å². The number of alkyl halides is 4. The SMILES string of the molecule is FC(F)(F)CCOC1(CBr)CCOCC1. The summed E-state index contributed by atoms with van der Waals surface area (Å²) in [7, 11) is 0. The summed E-state index contributed by atoms with van der Waals surface area (Å²) in [4.78, 5) is 0. The van der Waals surface area contributed by atoms with Crippen molar-refractivity contribution >= 4 is 15.9 Å². The van der Waals surface area contributed by atoms with E-state index in [0.29, 0.717) is 31.4 Å². The first-order chi connectivity index (χ1) is 6.97. The number of hydrogen-bond acceptors (Lipinski definition) is 2. The first-order valence-electron chi connectivity index (χ1n) is 4.82. The minimum Gasteiger partial charge on any atom is -0.381 e. The van der Waals surface area contributed by atoms with Crippen molar-refractivity contribution in [1.82, 2.24) is 0 Å². The molecule has 0 N–H and O–H groups in total. The van der Waals surface area contributed by atoms with Gasteiger partial charge in [0.2, 0.25) is 0 Å². The van der Waals surface area contributed by atoms with E-state index in [1.54, 1.807) is 0 Å². The van der Waals surface area contributed by atoms with Gasteiger partial charge in [-0.25, -0.2) is 0 Å². The normalized spacial score (nSPS) is 21.6. The second-order valence-electron chi connectivity index (χ2n) is 3.64. The molecule has 0 amide bonds. The second kappa shape index (κ2) is 5.50. The average Bonchev–Trinajstić information content (AvgIpc) is 2.17. The van der Waals surface area contributed by atoms with Crippen molar-refractivity contribution in [2.75, 3.05) is 25.2 Å². The van der Waals surface area contributed by atoms with E-state index in [9.17, 15) is 13.2 Å². The highest BCUT2D eigenvalue weighted by atomic mass is 79.9. The van der Waals surface area contributed by atoms with E-state index in [0.717, 1.165) is 0 Å². The molecule has 0 aliphatic carbocycles. The van der Waals surface area contributed by atoms with E-state index < -0.39 is 18.2 Å². The lowest BCUT2D eigenvalue weighted by molar-refractivity contribution is -0.164. The summed E-state index contributed by atoms with van der Waals surface area (Å²) >= 11 is 3.29. The number of rotatable bonds is 4. The van der Waals surface area contributed by atoms with Crippen LogP contribution in [0.1, 0.15) is 19.3 Å². The van der Waals surface area contributed by atoms with Crippen LogP contribution in [0, 0.1) is 0 Å². The third-order valence-corrected chi connectivity index (χ3v) is 3.46. The molecular formula is C9H14BrF3O2. The molecule has 0 unspecified atom stereocenters. The number of halogens is 4. The van der Waals surface area contributed by atoms with Crippen molar-refractivity contribution in [3.63, 3.8) is 0 Å². The third kappa shape index (κ3) is 4.70. The van der Waals surface area contributed by atoms with Gasteiger partial charge in [-0.1, -0.05) is 15.9 Å². The van der Waals surface area contributed by atoms with Crippen LogP contribution in [-0.2, 0) is 9.47 Å². The van der Waals surface area contributed by atoms with Gasteiger partial charge >= 0.3 is 6.18 Å². The van der Waals surface area contributed by atoms with Crippen LogP contribution in [0.5, 0.6) is 0 Å². The Balaban J connectivity index is 2.33. The van der Waals surface area contributed by atoms with Crippen molar-refractivity contribution in [2.45, 2.75) is 31.0 Å². The Morgan fingerprint density at radius 3 is 2.33 bits per heavy atom. The van der Waals surface area contributed by atoms with Gasteiger partial charge in [-0.2, -0.15) is 13.2 Å². The van der Waals surface area contributed by atoms with Crippen LogP contribution in [0.15, 0.2) is 0 Å². The molecule has 0 aromatic carbocycles. The largest absolute Gasteiger partial charge is 0.391 e. The summed E-state index contributed by atoms with van der Waals surface area (Å²) in [6.07, 6.45) is -3.73. The van der Waals surface area contributed by atoms with Crippen LogP contribution in [-0.4, -0.2) is 36.9 Å². The van der Waals surface area contributed by atoms with Gasteiger partial charge in [-0.15, -0.1) is 0 Å². The van der Waals surface area contributed by atoms with E-state index in [1.807, 2.05) is 0 Å². The van der Waals surface area contributed by atoms with Gasteiger partial charge in [-0.3, -0.25) is 0 Å². The predicted molar refractivity (Wildman–Crippen MR) is 53.2 cm³/mol. The van der Waals surface area contributed by atoms with Crippen LogP contribution in [0.25, 0.3) is 0 Å². The van der Waals surface area contributed by atoms with Crippen molar-refractivity contribution in [3.05, 3.63) is 0 Å². The highest BCUT2D eigenvalue weighted by molar-refractivity contribution is 9.09. The van der Waals surface area contributed by atoms with Crippen LogP contribution < -0.4 is 0 Å². The molecule has 0 aromatic heterocycles. The van der Waals surface area contributed by atoms with Gasteiger partial charge < -0.3 is 9.47 Å². The fraction of sp³-hybridized carbons (Fsp3) is 1.00. The Kier molecular flexibility index (Phi) is 4.86. The minimum absolute atomic E-state index is 0.269. The van der Waals surface area contributed by atoms with Gasteiger partial charge in [0.1, 0.15) is 0 Å². The van der Waals surface area contributed by atoms with Crippen LogP contribution >= 0.6 is 15.9 Å². The molecular weight excluding hydrogens is 277 g/mol. The zero-order valence-corrected chi connectivity index (χ0v) is 9.86. The van der Waals surface area contributed by atoms with Crippen LogP contribution in [0.2, 0.25) is 0 Å². The summed E-state index contributed by atoms with van der Waals surface area (Å²) in [6.45, 7) is 0.838. The zero-order chi connectivity index (χ0) is 11.4. The molecule has 0 spiro atoms. The predicted octanol–water partition coefficient (Wildman–Crippen LogP) is 2.90. The Hall–Kier alpha value is 0.190. The quantitative estimate of drug-likeness (QED) is 0.741. The summed E-state index contributed by atoms with van der Waals surface area (Å²) in [5, 5.41) is 0.557. The molecule has 1 aliphatic heterocycles. The smallest absolute Gasteiger partial charge is 0.381 e. The molecule has 1 saturated heterocycles. The molecule has 1 heterocycles. The molecule has 15 heavy (non-hydrogen) atoms. The Labute approximate surface area is 95.2 Å². The van der Waals surface area contributed by atoms with Crippen molar-refractivity contribution in [2.24, 2.45) is 0 Å². The fourth-order valence-electron chi connectivity index (χ4n) is 1.44. The van der Waals surface area contributed by atoms with Crippen molar-refractivity contribution < 1.29 is 22.6 Å². The van der Waals surface area contributed by atoms with E-state index in [-0.39, 0.29) is 6.61 Å². The van der Waals surface area contributed by atoms with Crippen molar-refractivity contribution in [1.29, 1.82) is 0 Å². The molecule has 0 saturated carbocycles. The maximum absolute atomic E-state index is 11.9. The monoisotopic (exact) mass is 290 g/mol. The van der Waals surface area contributed by atoms with Gasteiger partial charge in [0.15, 0.2) is 0 Å². The first kappa shape index (κ1) is 13.3. The molecule has 1 rings (SSSR count). The van der Waals surface area contributed by atoms with E-state index in [4.69, 9.17) is 9.47 Å². The fourth-order valence-corrected chi connectivity index (χ4v) is 2.17. The van der Waals surface area contributed by atoms with Crippen molar-refractivity contribution in [3.8, 4) is 0 Å². The highest BCUT2D eigenvalue weighted by Gasteiger charge is 2.34. The maximum atomic E-state index is 11.9. The standard InChI is InChI=1S/C9H14BrF3O2/c10-7-8(1-4-14-5-2-8)15-6-3-9(11,12)13/h1-7H2. The molecule has 0 bridgehead atoms. The first-order valence-corrected chi connectivity index (χ1v) is 5.94. The molecule has 6 heteroatoms. The Morgan fingerprint density at radius 2 is 1.87 bits per heavy atom. The Morgan fingerprint density at radius 1 is 1.27 bits per heavy atom. The molecule has 90 valence electrons. The van der Waals surface area contributed by atoms with E-state index in [2.05, 4.69) is 15.9 Å². The lowest BCUT2D eigenvalue weighted by Gasteiger charge is -2.35. The number of ether oxygens (including phenoxy) is 2. The molecule has 1 fully saturated rings. The third-order valence-electron chi connectivity index (χ3n) is 2.44. The second-order valence-corrected chi connectivity index (χ2v) is 4.20. The summed E-state index contributed by atoms with van der Waals surface area (Å²) in [6, 6.07) is 0. The summed E-state index contributed by atoms with van der Waals surface area (Å²) in [5.74, 6) is 0. The number of hydrogen-bond donors (Lipinski definition) is 0. The lowest BCUT2D eigenvalue weighted by Crippen LogP contribution is -2.41. The molecule has 1 aliphatic rings. The van der Waals surface area contributed by atoms with Crippen LogP contribution in [0.3, 0.4) is 0 Å². The van der Waals surface area contributed by atoms with E-state index in [1.165, 1.54) is 0 Å². The molecule has 2 nitrogen and oxygen atoms in total. The van der Waals surface area contributed by atoms with Gasteiger partial charge in [0.05, 0.1) is 18.6 Å². The van der Waals surface area contributed by atoms with Gasteiger partial charge in [0, 0.05) is 31.4 Å². The topological polar surface area (TPSA) is 18.5 Å². The summed E-state index contributed by atoms with van der Waals surface area (Å²) in [5.41, 5.74) is -0.469. The minimum atomic E-state index is -4.14. The van der Waals surface area contributed by atoms with Gasteiger partial charge in [-0.05, 0) is 0 Å². The van der Waals surface area contributed by atoms with E-state index >= 15 is 0 Å². The lowest BCUT2D eigenvalue weighted by atomic mass is 9.97. The Bertz CT molecular complexity index is 190. The molecule has 0 radical (unpaired) electrons. The molecule has 0 aromatic rings. The average molecular weight is 291 g/mol. The highest BCUT2D eigenvalue weighted by Crippen LogP contribution is 2.29.